The van der Waals surface area contributed by atoms with Gasteiger partial charge in [0, 0.05) is 52.5 Å². The first kappa shape index (κ1) is 17.9. The van der Waals surface area contributed by atoms with Crippen LogP contribution in [0.2, 0.25) is 0 Å². The van der Waals surface area contributed by atoms with Crippen LogP contribution in [0.15, 0.2) is 30.3 Å². The number of amides is 1. The second kappa shape index (κ2) is 9.65. The number of nitrogens with one attached hydrogen (secondary N) is 1. The molecule has 0 unspecified atom stereocenters. The molecule has 1 aliphatic rings. The molecule has 1 N–H and O–H groups in total. The first-order valence-corrected chi connectivity index (χ1v) is 8.45. The van der Waals surface area contributed by atoms with Gasteiger partial charge in [-0.2, -0.15) is 0 Å². The van der Waals surface area contributed by atoms with Crippen LogP contribution in [-0.4, -0.2) is 68.2 Å². The summed E-state index contributed by atoms with van der Waals surface area (Å²) in [5.41, 5.74) is 1.35. The fourth-order valence-corrected chi connectivity index (χ4v) is 2.98. The second-order valence-electron chi connectivity index (χ2n) is 6.24. The molecule has 1 aromatic carbocycles. The summed E-state index contributed by atoms with van der Waals surface area (Å²) in [6.07, 6.45) is 0.864. The van der Waals surface area contributed by atoms with Crippen LogP contribution in [0.5, 0.6) is 0 Å². The Hall–Kier alpha value is -1.43. The summed E-state index contributed by atoms with van der Waals surface area (Å²) in [7, 11) is 1.68. The molecule has 1 atom stereocenters. The molecule has 23 heavy (non-hydrogen) atoms. The Balaban J connectivity index is 1.70. The van der Waals surface area contributed by atoms with E-state index in [-0.39, 0.29) is 5.91 Å². The van der Waals surface area contributed by atoms with E-state index in [9.17, 15) is 4.79 Å². The van der Waals surface area contributed by atoms with Crippen molar-refractivity contribution in [3.8, 4) is 0 Å². The zero-order chi connectivity index (χ0) is 16.5. The zero-order valence-electron chi connectivity index (χ0n) is 14.3. The fraction of sp³-hybridized carbons (Fsp3) is 0.611. The highest BCUT2D eigenvalue weighted by Crippen LogP contribution is 2.12. The van der Waals surface area contributed by atoms with Gasteiger partial charge in [0.1, 0.15) is 0 Å². The van der Waals surface area contributed by atoms with Crippen molar-refractivity contribution in [1.29, 1.82) is 0 Å². The van der Waals surface area contributed by atoms with Gasteiger partial charge in [0.05, 0.1) is 6.54 Å². The number of nitrogens with zero attached hydrogens (tertiary/aromatic N) is 2. The van der Waals surface area contributed by atoms with Gasteiger partial charge in [0.2, 0.25) is 5.91 Å². The lowest BCUT2D eigenvalue weighted by Gasteiger charge is -2.39. The predicted octanol–water partition coefficient (Wildman–Crippen LogP) is 1.35. The van der Waals surface area contributed by atoms with E-state index >= 15 is 0 Å². The molecule has 1 saturated heterocycles. The molecule has 0 bridgehead atoms. The van der Waals surface area contributed by atoms with Crippen LogP contribution in [0.4, 0.5) is 0 Å². The van der Waals surface area contributed by atoms with Crippen LogP contribution in [0, 0.1) is 0 Å². The lowest BCUT2D eigenvalue weighted by Crippen LogP contribution is -2.54. The molecule has 1 aliphatic heterocycles. The Morgan fingerprint density at radius 2 is 2.09 bits per heavy atom. The minimum absolute atomic E-state index is 0.115. The quantitative estimate of drug-likeness (QED) is 0.735. The Labute approximate surface area is 139 Å². The van der Waals surface area contributed by atoms with Gasteiger partial charge in [0.25, 0.3) is 0 Å². The first-order valence-electron chi connectivity index (χ1n) is 8.45. The molecule has 5 heteroatoms. The van der Waals surface area contributed by atoms with Crippen molar-refractivity contribution in [3.05, 3.63) is 35.9 Å². The summed E-state index contributed by atoms with van der Waals surface area (Å²) < 4.78 is 4.98. The Bertz CT molecular complexity index is 467. The summed E-state index contributed by atoms with van der Waals surface area (Å²) in [5.74, 6) is 0.115. The summed E-state index contributed by atoms with van der Waals surface area (Å²) in [6.45, 7) is 8.02. The minimum Gasteiger partial charge on any atom is -0.385 e. The molecule has 1 fully saturated rings. The molecule has 1 heterocycles. The summed E-state index contributed by atoms with van der Waals surface area (Å²) >= 11 is 0. The monoisotopic (exact) mass is 319 g/mol. The van der Waals surface area contributed by atoms with Crippen molar-refractivity contribution >= 4 is 5.91 Å². The number of hydrogen-bond acceptors (Lipinski definition) is 4. The maximum absolute atomic E-state index is 12.0. The molecule has 1 aromatic rings. The van der Waals surface area contributed by atoms with Crippen molar-refractivity contribution in [2.24, 2.45) is 0 Å². The third kappa shape index (κ3) is 6.29. The highest BCUT2D eigenvalue weighted by molar-refractivity contribution is 5.78. The molecule has 5 nitrogen and oxygen atoms in total. The number of hydrogen-bond donors (Lipinski definition) is 1. The number of benzene rings is 1. The van der Waals surface area contributed by atoms with Crippen molar-refractivity contribution < 1.29 is 9.53 Å². The van der Waals surface area contributed by atoms with Gasteiger partial charge in [-0.05, 0) is 18.9 Å². The third-order valence-corrected chi connectivity index (χ3v) is 4.29. The van der Waals surface area contributed by atoms with E-state index in [0.29, 0.717) is 25.7 Å². The predicted molar refractivity (Wildman–Crippen MR) is 92.3 cm³/mol. The van der Waals surface area contributed by atoms with Crippen LogP contribution in [0.1, 0.15) is 18.9 Å². The zero-order valence-corrected chi connectivity index (χ0v) is 14.3. The lowest BCUT2D eigenvalue weighted by atomic mass is 10.1. The molecule has 2 rings (SSSR count). The van der Waals surface area contributed by atoms with Gasteiger partial charge in [-0.15, -0.1) is 0 Å². The number of rotatable bonds is 8. The molecular weight excluding hydrogens is 290 g/mol. The molecule has 0 aromatic heterocycles. The van der Waals surface area contributed by atoms with E-state index in [1.165, 1.54) is 5.56 Å². The van der Waals surface area contributed by atoms with Crippen molar-refractivity contribution in [2.75, 3.05) is 46.4 Å². The smallest absolute Gasteiger partial charge is 0.234 e. The number of carbonyl (C=O) groups is 1. The summed E-state index contributed by atoms with van der Waals surface area (Å²) in [6, 6.07) is 11.0. The number of piperazine rings is 1. The van der Waals surface area contributed by atoms with E-state index < -0.39 is 0 Å². The largest absolute Gasteiger partial charge is 0.385 e. The van der Waals surface area contributed by atoms with Gasteiger partial charge in [0.15, 0.2) is 0 Å². The number of carbonyl (C=O) groups excluding carboxylic acids is 1. The Morgan fingerprint density at radius 3 is 2.78 bits per heavy atom. The van der Waals surface area contributed by atoms with Crippen LogP contribution >= 0.6 is 0 Å². The summed E-state index contributed by atoms with van der Waals surface area (Å²) in [4.78, 5) is 16.7. The van der Waals surface area contributed by atoms with Crippen LogP contribution in [-0.2, 0) is 16.1 Å². The van der Waals surface area contributed by atoms with E-state index in [2.05, 4.69) is 52.4 Å². The van der Waals surface area contributed by atoms with Gasteiger partial charge in [-0.25, -0.2) is 0 Å². The minimum atomic E-state index is 0.115. The number of ether oxygens (including phenoxy) is 1. The highest BCUT2D eigenvalue weighted by Gasteiger charge is 2.24. The van der Waals surface area contributed by atoms with Crippen molar-refractivity contribution in [1.82, 2.24) is 15.1 Å². The molecule has 0 saturated carbocycles. The maximum atomic E-state index is 12.0. The van der Waals surface area contributed by atoms with E-state index in [4.69, 9.17) is 4.74 Å². The molecule has 0 aliphatic carbocycles. The summed E-state index contributed by atoms with van der Waals surface area (Å²) in [5, 5.41) is 2.96. The molecular formula is C18H29N3O2. The van der Waals surface area contributed by atoms with Gasteiger partial charge in [-0.1, -0.05) is 30.3 Å². The fourth-order valence-electron chi connectivity index (χ4n) is 2.98. The van der Waals surface area contributed by atoms with Crippen LogP contribution in [0.3, 0.4) is 0 Å². The van der Waals surface area contributed by atoms with Crippen LogP contribution < -0.4 is 5.32 Å². The van der Waals surface area contributed by atoms with Crippen LogP contribution in [0.25, 0.3) is 0 Å². The standard InChI is InChI=1S/C18H29N3O2/c1-16-13-20(14-17-7-4-3-5-8-17)10-11-21(16)15-18(22)19-9-6-12-23-2/h3-5,7-8,16H,6,9-15H2,1-2H3,(H,19,22)/t16-/m1/s1. The van der Waals surface area contributed by atoms with Gasteiger partial charge in [-0.3, -0.25) is 14.6 Å². The van der Waals surface area contributed by atoms with Gasteiger partial charge >= 0.3 is 0 Å². The van der Waals surface area contributed by atoms with E-state index in [1.54, 1.807) is 7.11 Å². The van der Waals surface area contributed by atoms with E-state index in [1.807, 2.05) is 0 Å². The normalized spacial score (nSPS) is 19.7. The van der Waals surface area contributed by atoms with E-state index in [0.717, 1.165) is 32.6 Å². The molecule has 1 amide bonds. The molecule has 0 radical (unpaired) electrons. The molecule has 0 spiro atoms. The average Bonchev–Trinajstić information content (AvgIpc) is 2.55. The SMILES string of the molecule is COCCCNC(=O)CN1CCN(Cc2ccccc2)C[C@H]1C. The second-order valence-corrected chi connectivity index (χ2v) is 6.24. The molecule has 128 valence electrons. The van der Waals surface area contributed by atoms with Crippen molar-refractivity contribution in [2.45, 2.75) is 25.9 Å². The topological polar surface area (TPSA) is 44.8 Å². The number of methoxy groups -OCH3 is 1. The highest BCUT2D eigenvalue weighted by atomic mass is 16.5. The average molecular weight is 319 g/mol. The first-order chi connectivity index (χ1) is 11.2. The maximum Gasteiger partial charge on any atom is 0.234 e. The lowest BCUT2D eigenvalue weighted by molar-refractivity contribution is -0.123. The Morgan fingerprint density at radius 1 is 1.30 bits per heavy atom. The Kier molecular flexibility index (Phi) is 7.52. The van der Waals surface area contributed by atoms with Gasteiger partial charge < -0.3 is 10.1 Å². The van der Waals surface area contributed by atoms with Crippen molar-refractivity contribution in [3.63, 3.8) is 0 Å². The third-order valence-electron chi connectivity index (χ3n) is 4.29.